The molecule has 0 atom stereocenters. The van der Waals surface area contributed by atoms with Crippen LogP contribution in [0, 0.1) is 0 Å². The molecule has 2 aromatic rings. The highest BCUT2D eigenvalue weighted by molar-refractivity contribution is 7.80. The molecule has 2 aromatic carbocycles. The van der Waals surface area contributed by atoms with E-state index in [1.807, 2.05) is 14.1 Å². The van der Waals surface area contributed by atoms with Crippen LogP contribution in [-0.4, -0.2) is 25.2 Å². The van der Waals surface area contributed by atoms with Crippen LogP contribution < -0.4 is 15.5 Å². The van der Waals surface area contributed by atoms with Crippen molar-refractivity contribution in [3.05, 3.63) is 59.7 Å². The first-order valence-corrected chi connectivity index (χ1v) is 8.64. The lowest BCUT2D eigenvalue weighted by molar-refractivity contribution is 0.919. The van der Waals surface area contributed by atoms with Gasteiger partial charge in [-0.15, -0.1) is 0 Å². The molecule has 1 aliphatic carbocycles. The molecule has 0 spiro atoms. The summed E-state index contributed by atoms with van der Waals surface area (Å²) in [7, 11) is 4.10. The first-order valence-electron chi connectivity index (χ1n) is 8.23. The van der Waals surface area contributed by atoms with Crippen molar-refractivity contribution in [2.75, 3.05) is 24.3 Å². The van der Waals surface area contributed by atoms with E-state index in [-0.39, 0.29) is 0 Å². The van der Waals surface area contributed by atoms with Crippen molar-refractivity contribution in [2.45, 2.75) is 18.9 Å². The summed E-state index contributed by atoms with van der Waals surface area (Å²) in [4.78, 5) is 2.10. The van der Waals surface area contributed by atoms with Gasteiger partial charge in [-0.25, -0.2) is 0 Å². The SMILES string of the molecule is CN(C)c1ccc(C=Cc2ccc(NC(=S)NC3CC3)cc2)cc1. The maximum atomic E-state index is 5.29. The van der Waals surface area contributed by atoms with Crippen molar-refractivity contribution >= 4 is 40.9 Å². The maximum absolute atomic E-state index is 5.29. The normalized spacial score (nSPS) is 13.8. The highest BCUT2D eigenvalue weighted by Gasteiger charge is 2.21. The van der Waals surface area contributed by atoms with Crippen LogP contribution in [0.2, 0.25) is 0 Å². The fraction of sp³-hybridized carbons (Fsp3) is 0.250. The molecule has 1 aliphatic rings. The second-order valence-electron chi connectivity index (χ2n) is 6.31. The van der Waals surface area contributed by atoms with Gasteiger partial charge in [0.2, 0.25) is 0 Å². The highest BCUT2D eigenvalue weighted by atomic mass is 32.1. The van der Waals surface area contributed by atoms with Crippen LogP contribution >= 0.6 is 12.2 Å². The molecule has 0 radical (unpaired) electrons. The molecule has 2 N–H and O–H groups in total. The van der Waals surface area contributed by atoms with Crippen molar-refractivity contribution in [1.29, 1.82) is 0 Å². The van der Waals surface area contributed by atoms with Gasteiger partial charge in [0.25, 0.3) is 0 Å². The molecule has 0 aromatic heterocycles. The van der Waals surface area contributed by atoms with Gasteiger partial charge in [-0.1, -0.05) is 36.4 Å². The Balaban J connectivity index is 1.57. The molecule has 0 amide bonds. The number of nitrogens with zero attached hydrogens (tertiary/aromatic N) is 1. The van der Waals surface area contributed by atoms with Gasteiger partial charge >= 0.3 is 0 Å². The Kier molecular flexibility index (Phi) is 5.16. The number of benzene rings is 2. The number of hydrogen-bond acceptors (Lipinski definition) is 2. The minimum Gasteiger partial charge on any atom is -0.378 e. The van der Waals surface area contributed by atoms with Crippen LogP contribution in [0.5, 0.6) is 0 Å². The Morgan fingerprint density at radius 1 is 0.958 bits per heavy atom. The van der Waals surface area contributed by atoms with E-state index in [1.165, 1.54) is 29.7 Å². The topological polar surface area (TPSA) is 27.3 Å². The summed E-state index contributed by atoms with van der Waals surface area (Å²) in [5.74, 6) is 0. The summed E-state index contributed by atoms with van der Waals surface area (Å²) < 4.78 is 0. The third-order valence-corrected chi connectivity index (χ3v) is 4.18. The number of nitrogens with one attached hydrogen (secondary N) is 2. The Morgan fingerprint density at radius 2 is 1.50 bits per heavy atom. The van der Waals surface area contributed by atoms with E-state index in [2.05, 4.69) is 76.2 Å². The summed E-state index contributed by atoms with van der Waals surface area (Å²) >= 11 is 5.29. The molecule has 0 bridgehead atoms. The first-order chi connectivity index (χ1) is 11.6. The van der Waals surface area contributed by atoms with Crippen LogP contribution in [0.3, 0.4) is 0 Å². The number of anilines is 2. The average molecular weight is 337 g/mol. The van der Waals surface area contributed by atoms with Gasteiger partial charge in [-0.05, 0) is 60.5 Å². The zero-order valence-corrected chi connectivity index (χ0v) is 14.9. The van der Waals surface area contributed by atoms with Crippen LogP contribution in [0.4, 0.5) is 11.4 Å². The summed E-state index contributed by atoms with van der Waals surface area (Å²) in [5, 5.41) is 7.21. The largest absolute Gasteiger partial charge is 0.378 e. The van der Waals surface area contributed by atoms with E-state index >= 15 is 0 Å². The lowest BCUT2D eigenvalue weighted by Crippen LogP contribution is -2.30. The molecule has 4 heteroatoms. The van der Waals surface area contributed by atoms with E-state index < -0.39 is 0 Å². The van der Waals surface area contributed by atoms with Crippen molar-refractivity contribution < 1.29 is 0 Å². The highest BCUT2D eigenvalue weighted by Crippen LogP contribution is 2.19. The van der Waals surface area contributed by atoms with Gasteiger partial charge in [0, 0.05) is 31.5 Å². The van der Waals surface area contributed by atoms with Gasteiger partial charge in [-0.2, -0.15) is 0 Å². The second kappa shape index (κ2) is 7.49. The summed E-state index contributed by atoms with van der Waals surface area (Å²) in [6.45, 7) is 0. The first kappa shape index (κ1) is 16.5. The van der Waals surface area contributed by atoms with Crippen molar-refractivity contribution in [3.63, 3.8) is 0 Å². The molecule has 1 fully saturated rings. The molecule has 0 heterocycles. The van der Waals surface area contributed by atoms with E-state index in [0.717, 1.165) is 5.69 Å². The monoisotopic (exact) mass is 337 g/mol. The Hall–Kier alpha value is -2.33. The van der Waals surface area contributed by atoms with E-state index in [1.54, 1.807) is 0 Å². The fourth-order valence-corrected chi connectivity index (χ4v) is 2.62. The van der Waals surface area contributed by atoms with Gasteiger partial charge < -0.3 is 15.5 Å². The van der Waals surface area contributed by atoms with E-state index in [4.69, 9.17) is 12.2 Å². The molecule has 0 unspecified atom stereocenters. The lowest BCUT2D eigenvalue weighted by Gasteiger charge is -2.11. The molecule has 1 saturated carbocycles. The summed E-state index contributed by atoms with van der Waals surface area (Å²) in [6, 6.07) is 17.4. The molecular formula is C20H23N3S. The second-order valence-corrected chi connectivity index (χ2v) is 6.72. The molecule has 3 nitrogen and oxygen atoms in total. The van der Waals surface area contributed by atoms with Crippen molar-refractivity contribution in [3.8, 4) is 0 Å². The Morgan fingerprint density at radius 3 is 2.00 bits per heavy atom. The summed E-state index contributed by atoms with van der Waals surface area (Å²) in [5.41, 5.74) is 4.58. The van der Waals surface area contributed by atoms with Gasteiger partial charge in [0.05, 0.1) is 0 Å². The van der Waals surface area contributed by atoms with Crippen LogP contribution in [0.1, 0.15) is 24.0 Å². The minimum atomic E-state index is 0.575. The van der Waals surface area contributed by atoms with E-state index in [9.17, 15) is 0 Å². The molecular weight excluding hydrogens is 314 g/mol. The third kappa shape index (κ3) is 4.83. The molecule has 24 heavy (non-hydrogen) atoms. The average Bonchev–Trinajstić information content (AvgIpc) is 3.38. The Bertz CT molecular complexity index is 714. The van der Waals surface area contributed by atoms with Crippen molar-refractivity contribution in [2.24, 2.45) is 0 Å². The zero-order chi connectivity index (χ0) is 16.9. The van der Waals surface area contributed by atoms with Crippen molar-refractivity contribution in [1.82, 2.24) is 5.32 Å². The van der Waals surface area contributed by atoms with E-state index in [0.29, 0.717) is 11.2 Å². The molecule has 0 aliphatic heterocycles. The number of rotatable bonds is 5. The standard InChI is InChI=1S/C20H23N3S/c1-23(2)19-13-7-16(8-14-19)4-3-15-5-9-17(10-6-15)21-20(24)22-18-11-12-18/h3-10,13-14,18H,11-12H2,1-2H3,(H2,21,22,24). The minimum absolute atomic E-state index is 0.575. The predicted octanol–water partition coefficient (Wildman–Crippen LogP) is 4.37. The Labute approximate surface area is 149 Å². The number of thiocarbonyl (C=S) groups is 1. The maximum Gasteiger partial charge on any atom is 0.170 e. The number of hydrogen-bond donors (Lipinski definition) is 2. The van der Waals surface area contributed by atoms with Crippen LogP contribution in [0.15, 0.2) is 48.5 Å². The summed E-state index contributed by atoms with van der Waals surface area (Å²) in [6.07, 6.45) is 6.69. The van der Waals surface area contributed by atoms with Crippen LogP contribution in [-0.2, 0) is 0 Å². The third-order valence-electron chi connectivity index (χ3n) is 3.96. The van der Waals surface area contributed by atoms with Gasteiger partial charge in [0.15, 0.2) is 5.11 Å². The predicted molar refractivity (Wildman–Crippen MR) is 109 cm³/mol. The van der Waals surface area contributed by atoms with Crippen LogP contribution in [0.25, 0.3) is 12.2 Å². The fourth-order valence-electron chi connectivity index (χ4n) is 2.33. The lowest BCUT2D eigenvalue weighted by atomic mass is 10.1. The zero-order valence-electron chi connectivity index (χ0n) is 14.1. The smallest absolute Gasteiger partial charge is 0.170 e. The van der Waals surface area contributed by atoms with Gasteiger partial charge in [0.1, 0.15) is 0 Å². The van der Waals surface area contributed by atoms with Gasteiger partial charge in [-0.3, -0.25) is 0 Å². The molecule has 0 saturated heterocycles. The molecule has 124 valence electrons. The molecule has 3 rings (SSSR count). The quantitative estimate of drug-likeness (QED) is 0.626.